The number of benzene rings is 1. The van der Waals surface area contributed by atoms with E-state index in [1.807, 2.05) is 0 Å². The van der Waals surface area contributed by atoms with Crippen molar-refractivity contribution in [2.24, 2.45) is 0 Å². The number of fused-ring (bicyclic) bond motifs is 1. The Balaban J connectivity index is 1.52. The van der Waals surface area contributed by atoms with E-state index in [1.165, 1.54) is 37.8 Å². The molecule has 0 amide bonds. The smallest absolute Gasteiger partial charge is 0.0208 e. The van der Waals surface area contributed by atoms with Crippen LogP contribution in [0.25, 0.3) is 0 Å². The molecule has 1 aliphatic heterocycles. The summed E-state index contributed by atoms with van der Waals surface area (Å²) in [5, 5.41) is 7.13. The van der Waals surface area contributed by atoms with Crippen LogP contribution in [0.2, 0.25) is 0 Å². The zero-order chi connectivity index (χ0) is 11.5. The number of rotatable bonds is 5. The zero-order valence-corrected chi connectivity index (χ0v) is 10.4. The van der Waals surface area contributed by atoms with Gasteiger partial charge >= 0.3 is 0 Å². The standard InChI is InChI=1S/C15H22N2/c1-2-6-15-12(4-1)10-16-11-13(15)5-3-9-17-14-7-8-14/h1-2,4,6,13-14,16-17H,3,5,7-11H2. The van der Waals surface area contributed by atoms with Gasteiger partial charge < -0.3 is 10.6 Å². The molecule has 1 aliphatic carbocycles. The Morgan fingerprint density at radius 2 is 2.12 bits per heavy atom. The van der Waals surface area contributed by atoms with Crippen LogP contribution in [0.4, 0.5) is 0 Å². The Labute approximate surface area is 104 Å². The van der Waals surface area contributed by atoms with Crippen molar-refractivity contribution in [2.75, 3.05) is 13.1 Å². The Bertz CT molecular complexity index is 371. The second-order valence-corrected chi connectivity index (χ2v) is 5.40. The lowest BCUT2D eigenvalue weighted by atomic mass is 9.88. The van der Waals surface area contributed by atoms with Gasteiger partial charge in [-0.1, -0.05) is 24.3 Å². The minimum absolute atomic E-state index is 0.723. The van der Waals surface area contributed by atoms with Crippen LogP contribution in [0.1, 0.15) is 42.7 Å². The number of nitrogens with one attached hydrogen (secondary N) is 2. The summed E-state index contributed by atoms with van der Waals surface area (Å²) in [6.07, 6.45) is 5.41. The second-order valence-electron chi connectivity index (χ2n) is 5.40. The van der Waals surface area contributed by atoms with Crippen molar-refractivity contribution in [3.63, 3.8) is 0 Å². The molecule has 1 aromatic carbocycles. The third-order valence-electron chi connectivity index (χ3n) is 3.94. The van der Waals surface area contributed by atoms with Gasteiger partial charge in [-0.25, -0.2) is 0 Å². The first kappa shape index (κ1) is 11.2. The summed E-state index contributed by atoms with van der Waals surface area (Å²) in [4.78, 5) is 0. The van der Waals surface area contributed by atoms with Crippen LogP contribution in [0, 0.1) is 0 Å². The van der Waals surface area contributed by atoms with E-state index in [2.05, 4.69) is 34.9 Å². The summed E-state index contributed by atoms with van der Waals surface area (Å²) in [5.41, 5.74) is 3.08. The lowest BCUT2D eigenvalue weighted by Crippen LogP contribution is -2.28. The van der Waals surface area contributed by atoms with Crippen molar-refractivity contribution in [3.05, 3.63) is 35.4 Å². The van der Waals surface area contributed by atoms with Crippen LogP contribution in [-0.4, -0.2) is 19.1 Å². The van der Waals surface area contributed by atoms with E-state index in [-0.39, 0.29) is 0 Å². The summed E-state index contributed by atoms with van der Waals surface area (Å²) >= 11 is 0. The molecular formula is C15H22N2. The van der Waals surface area contributed by atoms with E-state index in [9.17, 15) is 0 Å². The van der Waals surface area contributed by atoms with Crippen molar-refractivity contribution in [1.82, 2.24) is 10.6 Å². The molecule has 3 rings (SSSR count). The van der Waals surface area contributed by atoms with Crippen molar-refractivity contribution >= 4 is 0 Å². The van der Waals surface area contributed by atoms with Gasteiger partial charge in [-0.15, -0.1) is 0 Å². The molecule has 17 heavy (non-hydrogen) atoms. The predicted molar refractivity (Wildman–Crippen MR) is 71.1 cm³/mol. The fourth-order valence-electron chi connectivity index (χ4n) is 2.78. The maximum Gasteiger partial charge on any atom is 0.0208 e. The number of hydrogen-bond donors (Lipinski definition) is 2. The van der Waals surface area contributed by atoms with Gasteiger partial charge in [0.05, 0.1) is 0 Å². The lowest BCUT2D eigenvalue weighted by molar-refractivity contribution is 0.489. The van der Waals surface area contributed by atoms with Crippen molar-refractivity contribution < 1.29 is 0 Å². The Hall–Kier alpha value is -0.860. The average molecular weight is 230 g/mol. The SMILES string of the molecule is c1ccc2c(c1)CNCC2CCCNC1CC1. The molecular weight excluding hydrogens is 208 g/mol. The van der Waals surface area contributed by atoms with Gasteiger partial charge in [0, 0.05) is 19.1 Å². The van der Waals surface area contributed by atoms with Gasteiger partial charge in [0.1, 0.15) is 0 Å². The molecule has 2 nitrogen and oxygen atoms in total. The lowest BCUT2D eigenvalue weighted by Gasteiger charge is -2.26. The Morgan fingerprint density at radius 3 is 3.00 bits per heavy atom. The minimum Gasteiger partial charge on any atom is -0.314 e. The van der Waals surface area contributed by atoms with Crippen LogP contribution in [0.3, 0.4) is 0 Å². The molecule has 1 aromatic rings. The van der Waals surface area contributed by atoms with E-state index in [0.717, 1.165) is 25.0 Å². The van der Waals surface area contributed by atoms with E-state index in [0.29, 0.717) is 0 Å². The number of hydrogen-bond acceptors (Lipinski definition) is 2. The maximum absolute atomic E-state index is 3.60. The maximum atomic E-state index is 3.60. The summed E-state index contributed by atoms with van der Waals surface area (Å²) < 4.78 is 0. The minimum atomic E-state index is 0.723. The molecule has 2 aliphatic rings. The highest BCUT2D eigenvalue weighted by molar-refractivity contribution is 5.32. The first-order valence-electron chi connectivity index (χ1n) is 6.95. The molecule has 0 spiro atoms. The fraction of sp³-hybridized carbons (Fsp3) is 0.600. The third kappa shape index (κ3) is 2.88. The van der Waals surface area contributed by atoms with Crippen LogP contribution in [-0.2, 0) is 6.54 Å². The van der Waals surface area contributed by atoms with Crippen molar-refractivity contribution in [1.29, 1.82) is 0 Å². The van der Waals surface area contributed by atoms with Gasteiger partial charge in [0.15, 0.2) is 0 Å². The summed E-state index contributed by atoms with van der Waals surface area (Å²) in [7, 11) is 0. The molecule has 1 saturated carbocycles. The zero-order valence-electron chi connectivity index (χ0n) is 10.4. The van der Waals surface area contributed by atoms with E-state index >= 15 is 0 Å². The molecule has 0 bridgehead atoms. The highest BCUT2D eigenvalue weighted by atomic mass is 14.9. The van der Waals surface area contributed by atoms with Crippen LogP contribution >= 0.6 is 0 Å². The summed E-state index contributed by atoms with van der Waals surface area (Å²) in [6, 6.07) is 9.76. The first-order valence-corrected chi connectivity index (χ1v) is 6.95. The highest BCUT2D eigenvalue weighted by Gasteiger charge is 2.21. The highest BCUT2D eigenvalue weighted by Crippen LogP contribution is 2.27. The van der Waals surface area contributed by atoms with E-state index in [4.69, 9.17) is 0 Å². The van der Waals surface area contributed by atoms with Crippen LogP contribution < -0.4 is 10.6 Å². The normalized spacial score (nSPS) is 23.4. The molecule has 2 N–H and O–H groups in total. The largest absolute Gasteiger partial charge is 0.314 e. The van der Waals surface area contributed by atoms with E-state index in [1.54, 1.807) is 5.56 Å². The van der Waals surface area contributed by atoms with E-state index < -0.39 is 0 Å². The molecule has 1 fully saturated rings. The van der Waals surface area contributed by atoms with Crippen LogP contribution in [0.15, 0.2) is 24.3 Å². The van der Waals surface area contributed by atoms with Crippen molar-refractivity contribution in [3.8, 4) is 0 Å². The van der Waals surface area contributed by atoms with Gasteiger partial charge in [-0.2, -0.15) is 0 Å². The van der Waals surface area contributed by atoms with Crippen molar-refractivity contribution in [2.45, 2.75) is 44.2 Å². The van der Waals surface area contributed by atoms with Gasteiger partial charge in [-0.05, 0) is 49.3 Å². The molecule has 1 heterocycles. The second kappa shape index (κ2) is 5.19. The van der Waals surface area contributed by atoms with Gasteiger partial charge in [0.2, 0.25) is 0 Å². The average Bonchev–Trinajstić information content (AvgIpc) is 3.19. The fourth-order valence-corrected chi connectivity index (χ4v) is 2.78. The summed E-state index contributed by atoms with van der Waals surface area (Å²) in [6.45, 7) is 3.40. The molecule has 2 heteroatoms. The summed E-state index contributed by atoms with van der Waals surface area (Å²) in [5.74, 6) is 0.723. The predicted octanol–water partition coefficient (Wildman–Crippen LogP) is 2.41. The molecule has 1 unspecified atom stereocenters. The van der Waals surface area contributed by atoms with Gasteiger partial charge in [0.25, 0.3) is 0 Å². The Kier molecular flexibility index (Phi) is 3.44. The molecule has 0 radical (unpaired) electrons. The van der Waals surface area contributed by atoms with Crippen LogP contribution in [0.5, 0.6) is 0 Å². The monoisotopic (exact) mass is 230 g/mol. The molecule has 0 saturated heterocycles. The molecule has 0 aromatic heterocycles. The molecule has 92 valence electrons. The first-order chi connectivity index (χ1) is 8.43. The Morgan fingerprint density at radius 1 is 1.24 bits per heavy atom. The topological polar surface area (TPSA) is 24.1 Å². The third-order valence-corrected chi connectivity index (χ3v) is 3.94. The quantitative estimate of drug-likeness (QED) is 0.759. The molecule has 1 atom stereocenters. The van der Waals surface area contributed by atoms with Gasteiger partial charge in [-0.3, -0.25) is 0 Å².